The average molecular weight is 291 g/mol. The molecule has 0 aliphatic heterocycles. The molecule has 2 aromatic heterocycles. The summed E-state index contributed by atoms with van der Waals surface area (Å²) in [5.74, 6) is 0.152. The summed E-state index contributed by atoms with van der Waals surface area (Å²) >= 11 is 0. The molecule has 0 bridgehead atoms. The van der Waals surface area contributed by atoms with Crippen LogP contribution in [0.3, 0.4) is 0 Å². The second-order valence-electron chi connectivity index (χ2n) is 3.22. The van der Waals surface area contributed by atoms with Gasteiger partial charge in [-0.15, -0.1) is 19.9 Å². The van der Waals surface area contributed by atoms with Gasteiger partial charge in [0.2, 0.25) is 0 Å². The van der Waals surface area contributed by atoms with Gasteiger partial charge in [0.1, 0.15) is 11.4 Å². The minimum absolute atomic E-state index is 0.152. The molecular weight excluding hydrogens is 284 g/mol. The summed E-state index contributed by atoms with van der Waals surface area (Å²) in [6.07, 6.45) is 0. The maximum absolute atomic E-state index is 8.49. The van der Waals surface area contributed by atoms with Crippen molar-refractivity contribution in [1.82, 2.24) is 10.1 Å². The van der Waals surface area contributed by atoms with Gasteiger partial charge in [0.25, 0.3) is 0 Å². The number of halogens is 1. The van der Waals surface area contributed by atoms with Crippen LogP contribution in [0.25, 0.3) is 16.1 Å². The summed E-state index contributed by atoms with van der Waals surface area (Å²) in [5, 5.41) is 6.96. The minimum atomic E-state index is -4.94. The summed E-state index contributed by atoms with van der Waals surface area (Å²) in [5.41, 5.74) is 10.4. The smallest absolute Gasteiger partial charge is 0.222 e. The average Bonchev–Trinajstić information content (AvgIpc) is 2.60. The molecule has 0 amide bonds. The molecule has 0 unspecified atom stereocenters. The van der Waals surface area contributed by atoms with Crippen LogP contribution in [0.15, 0.2) is 15.8 Å². The van der Waals surface area contributed by atoms with Gasteiger partial charge in [-0.2, -0.15) is 0 Å². The van der Waals surface area contributed by atoms with E-state index in [4.69, 9.17) is 28.8 Å². The predicted molar refractivity (Wildman–Crippen MR) is 45.7 cm³/mol. The van der Waals surface area contributed by atoms with Crippen LogP contribution in [0, 0.1) is 24.1 Å². The normalized spacial score (nSPS) is 10.6. The van der Waals surface area contributed by atoms with Gasteiger partial charge in [0.15, 0.2) is 0 Å². The fourth-order valence-corrected chi connectivity index (χ4v) is 1.24. The van der Waals surface area contributed by atoms with Gasteiger partial charge in [-0.3, -0.25) is 0 Å². The van der Waals surface area contributed by atoms with Gasteiger partial charge in [0.05, 0.1) is 5.16 Å². The molecule has 0 aliphatic rings. The first-order valence-electron chi connectivity index (χ1n) is 4.55. The Morgan fingerprint density at radius 3 is 2.47 bits per heavy atom. The van der Waals surface area contributed by atoms with Crippen molar-refractivity contribution in [3.8, 4) is 0 Å². The summed E-state index contributed by atoms with van der Waals surface area (Å²) in [7, 11) is -4.94. The highest BCUT2D eigenvalue weighted by molar-refractivity contribution is 5.51. The van der Waals surface area contributed by atoms with E-state index in [1.54, 1.807) is 0 Å². The number of hydrogen-bond acceptors (Lipinski definition) is 8. The number of azide groups is 1. The Bertz CT molecular complexity index is 625. The lowest BCUT2D eigenvalue weighted by molar-refractivity contribution is -2.00. The van der Waals surface area contributed by atoms with Crippen LogP contribution in [0.5, 0.6) is 0 Å². The van der Waals surface area contributed by atoms with Crippen molar-refractivity contribution >= 4 is 11.5 Å². The highest BCUT2D eigenvalue weighted by Crippen LogP contribution is 2.12. The first-order chi connectivity index (χ1) is 8.72. The molecule has 0 aliphatic carbocycles. The van der Waals surface area contributed by atoms with E-state index in [9.17, 15) is 0 Å². The molecule has 2 heterocycles. The fraction of sp³-hybridized carbons (Fsp3) is 0.286. The second-order valence-corrected chi connectivity index (χ2v) is 3.98. The van der Waals surface area contributed by atoms with Gasteiger partial charge in [-0.05, 0) is 29.1 Å². The molecule has 0 saturated carbocycles. The molecule has 2 rings (SSSR count). The summed E-state index contributed by atoms with van der Waals surface area (Å²) < 4.78 is 40.3. The zero-order valence-electron chi connectivity index (χ0n) is 9.68. The van der Waals surface area contributed by atoms with Crippen LogP contribution in [0.2, 0.25) is 0 Å². The Kier molecular flexibility index (Phi) is 4.56. The van der Waals surface area contributed by atoms with Gasteiger partial charge in [0, 0.05) is 11.0 Å². The van der Waals surface area contributed by atoms with E-state index in [0.29, 0.717) is 5.65 Å². The lowest BCUT2D eigenvalue weighted by Gasteiger charge is -2.17. The first kappa shape index (κ1) is 15.0. The Hall–Kier alpha value is -2.01. The van der Waals surface area contributed by atoms with Crippen LogP contribution in [-0.4, -0.2) is 10.1 Å². The highest BCUT2D eigenvalue weighted by Gasteiger charge is 2.19. The van der Waals surface area contributed by atoms with Crippen molar-refractivity contribution in [2.24, 2.45) is 5.11 Å². The Morgan fingerprint density at radius 2 is 1.95 bits per heavy atom. The second kappa shape index (κ2) is 5.75. The Morgan fingerprint density at radius 1 is 1.37 bits per heavy atom. The van der Waals surface area contributed by atoms with E-state index in [0.717, 1.165) is 11.4 Å². The third-order valence-corrected chi connectivity index (χ3v) is 1.76. The topological polar surface area (TPSA) is 184 Å². The SMILES string of the molecule is Cc1cc(C)[n+]2onc(N=[N+]=[N-])c2n1.[O-][Cl+3]([O-])([O-])[O-]. The largest absolute Gasteiger partial charge is 0.350 e. The van der Waals surface area contributed by atoms with Crippen LogP contribution >= 0.6 is 0 Å². The van der Waals surface area contributed by atoms with Crippen molar-refractivity contribution in [2.45, 2.75) is 13.8 Å². The highest BCUT2D eigenvalue weighted by atomic mass is 35.7. The van der Waals surface area contributed by atoms with Crippen LogP contribution in [0.1, 0.15) is 11.4 Å². The molecular formula is C7H7ClN6O5. The van der Waals surface area contributed by atoms with Crippen LogP contribution < -0.4 is 23.2 Å². The Labute approximate surface area is 107 Å². The van der Waals surface area contributed by atoms with E-state index in [-0.39, 0.29) is 5.82 Å². The van der Waals surface area contributed by atoms with E-state index in [1.165, 1.54) is 4.57 Å². The monoisotopic (exact) mass is 290 g/mol. The van der Waals surface area contributed by atoms with Crippen LogP contribution in [0.4, 0.5) is 5.82 Å². The molecule has 102 valence electrons. The van der Waals surface area contributed by atoms with E-state index in [2.05, 4.69) is 20.2 Å². The van der Waals surface area contributed by atoms with Gasteiger partial charge >= 0.3 is 11.5 Å². The number of aryl methyl sites for hydroxylation is 2. The quantitative estimate of drug-likeness (QED) is 0.227. The zero-order valence-corrected chi connectivity index (χ0v) is 10.4. The number of rotatable bonds is 1. The van der Waals surface area contributed by atoms with Crippen molar-refractivity contribution in [1.29, 1.82) is 0 Å². The lowest BCUT2D eigenvalue weighted by Crippen LogP contribution is -2.68. The maximum Gasteiger partial charge on any atom is 0.350 e. The molecule has 0 spiro atoms. The van der Waals surface area contributed by atoms with E-state index >= 15 is 0 Å². The van der Waals surface area contributed by atoms with Gasteiger partial charge < -0.3 is 0 Å². The van der Waals surface area contributed by atoms with Crippen LogP contribution in [-0.2, 0) is 0 Å². The maximum atomic E-state index is 8.49. The van der Waals surface area contributed by atoms with E-state index < -0.39 is 10.2 Å². The van der Waals surface area contributed by atoms with Crippen molar-refractivity contribution < 1.29 is 38.1 Å². The summed E-state index contributed by atoms with van der Waals surface area (Å²) in [4.78, 5) is 6.79. The third-order valence-electron chi connectivity index (χ3n) is 1.76. The number of fused-ring (bicyclic) bond motifs is 1. The molecule has 0 atom stereocenters. The molecule has 0 N–H and O–H groups in total. The molecule has 2 aromatic rings. The standard InChI is InChI=1S/C7H7N6O.ClHO4/c1-4-3-5(2)13-7(9-4)6(10-12-8)11-14-13;2-1(3,4)5/h3H,1-2H3;(H,2,3,4,5)/q+1;/p-1. The summed E-state index contributed by atoms with van der Waals surface area (Å²) in [6.45, 7) is 3.70. The van der Waals surface area contributed by atoms with Gasteiger partial charge in [-0.25, -0.2) is 18.6 Å². The molecule has 11 nitrogen and oxygen atoms in total. The minimum Gasteiger partial charge on any atom is -0.222 e. The number of aromatic nitrogens is 3. The van der Waals surface area contributed by atoms with Crippen molar-refractivity contribution in [2.75, 3.05) is 0 Å². The van der Waals surface area contributed by atoms with Gasteiger partial charge in [-0.1, -0.05) is 0 Å². The molecule has 0 fully saturated rings. The zero-order chi connectivity index (χ0) is 14.6. The molecule has 0 aromatic carbocycles. The molecule has 0 radical (unpaired) electrons. The molecule has 19 heavy (non-hydrogen) atoms. The first-order valence-corrected chi connectivity index (χ1v) is 5.79. The predicted octanol–water partition coefficient (Wildman–Crippen LogP) is -3.39. The summed E-state index contributed by atoms with van der Waals surface area (Å²) in [6, 6.07) is 1.85. The number of nitrogens with zero attached hydrogens (tertiary/aromatic N) is 6. The third kappa shape index (κ3) is 4.63. The lowest BCUT2D eigenvalue weighted by atomic mass is 10.3. The molecule has 12 heteroatoms. The fourth-order valence-electron chi connectivity index (χ4n) is 1.24. The number of hydrogen-bond donors (Lipinski definition) is 0. The van der Waals surface area contributed by atoms with E-state index in [1.807, 2.05) is 19.9 Å². The van der Waals surface area contributed by atoms with Crippen molar-refractivity contribution in [3.05, 3.63) is 27.9 Å². The Balaban J connectivity index is 0.000000312. The molecule has 0 saturated heterocycles. The van der Waals surface area contributed by atoms with Crippen molar-refractivity contribution in [3.63, 3.8) is 0 Å².